The first-order valence-electron chi connectivity index (χ1n) is 6.28. The van der Waals surface area contributed by atoms with Crippen LogP contribution in [0.1, 0.15) is 5.56 Å². The molecule has 1 aromatic heterocycles. The maximum atomic E-state index is 11.4. The van der Waals surface area contributed by atoms with Gasteiger partial charge in [-0.25, -0.2) is 4.79 Å². The molecule has 0 atom stereocenters. The molecule has 0 fully saturated rings. The zero-order valence-electron chi connectivity index (χ0n) is 11.8. The number of nitrogens with zero attached hydrogens (tertiary/aromatic N) is 2. The van der Waals surface area contributed by atoms with Gasteiger partial charge in [0.15, 0.2) is 0 Å². The normalized spacial score (nSPS) is 10.0. The lowest BCUT2D eigenvalue weighted by Crippen LogP contribution is -2.29. The summed E-state index contributed by atoms with van der Waals surface area (Å²) >= 11 is 0. The molecule has 0 radical (unpaired) electrons. The summed E-state index contributed by atoms with van der Waals surface area (Å²) in [6, 6.07) is 12.2. The SMILES string of the molecule is COc1ccc(CN(C(=O)O)c2cccc(OC)n2)cc1. The summed E-state index contributed by atoms with van der Waals surface area (Å²) in [7, 11) is 3.07. The average molecular weight is 288 g/mol. The molecule has 110 valence electrons. The van der Waals surface area contributed by atoms with Gasteiger partial charge in [0.2, 0.25) is 5.88 Å². The highest BCUT2D eigenvalue weighted by atomic mass is 16.5. The second-order valence-electron chi connectivity index (χ2n) is 4.25. The summed E-state index contributed by atoms with van der Waals surface area (Å²) in [5.74, 6) is 1.41. The Balaban J connectivity index is 2.23. The Morgan fingerprint density at radius 1 is 1.14 bits per heavy atom. The van der Waals surface area contributed by atoms with E-state index in [1.807, 2.05) is 12.1 Å². The molecular formula is C15H16N2O4. The number of anilines is 1. The maximum absolute atomic E-state index is 11.4. The third-order valence-electron chi connectivity index (χ3n) is 2.93. The van der Waals surface area contributed by atoms with E-state index in [2.05, 4.69) is 4.98 Å². The summed E-state index contributed by atoms with van der Waals surface area (Å²) in [5.41, 5.74) is 0.836. The van der Waals surface area contributed by atoms with Crippen molar-refractivity contribution in [3.8, 4) is 11.6 Å². The number of carbonyl (C=O) groups is 1. The van der Waals surface area contributed by atoms with Crippen LogP contribution in [0.4, 0.5) is 10.6 Å². The Labute approximate surface area is 122 Å². The molecule has 0 saturated carbocycles. The van der Waals surface area contributed by atoms with E-state index in [0.717, 1.165) is 16.2 Å². The van der Waals surface area contributed by atoms with Gasteiger partial charge in [0.05, 0.1) is 20.8 Å². The molecule has 2 aromatic rings. The molecule has 1 heterocycles. The van der Waals surface area contributed by atoms with E-state index in [1.54, 1.807) is 37.4 Å². The second-order valence-corrected chi connectivity index (χ2v) is 4.25. The number of ether oxygens (including phenoxy) is 2. The zero-order chi connectivity index (χ0) is 15.2. The number of pyridine rings is 1. The van der Waals surface area contributed by atoms with E-state index < -0.39 is 6.09 Å². The van der Waals surface area contributed by atoms with Gasteiger partial charge in [0.25, 0.3) is 0 Å². The lowest BCUT2D eigenvalue weighted by atomic mass is 10.2. The van der Waals surface area contributed by atoms with Crippen LogP contribution in [0.25, 0.3) is 0 Å². The van der Waals surface area contributed by atoms with Crippen LogP contribution in [0.3, 0.4) is 0 Å². The third kappa shape index (κ3) is 3.62. The van der Waals surface area contributed by atoms with Crippen LogP contribution >= 0.6 is 0 Å². The van der Waals surface area contributed by atoms with Crippen LogP contribution in [-0.4, -0.2) is 30.4 Å². The van der Waals surface area contributed by atoms with E-state index in [9.17, 15) is 9.90 Å². The Morgan fingerprint density at radius 3 is 2.43 bits per heavy atom. The highest BCUT2D eigenvalue weighted by Gasteiger charge is 2.16. The molecule has 6 heteroatoms. The monoisotopic (exact) mass is 288 g/mol. The first-order valence-corrected chi connectivity index (χ1v) is 6.28. The highest BCUT2D eigenvalue weighted by molar-refractivity contribution is 5.84. The molecule has 0 saturated heterocycles. The van der Waals surface area contributed by atoms with E-state index >= 15 is 0 Å². The molecular weight excluding hydrogens is 272 g/mol. The first-order chi connectivity index (χ1) is 10.1. The van der Waals surface area contributed by atoms with Gasteiger partial charge in [-0.2, -0.15) is 4.98 Å². The summed E-state index contributed by atoms with van der Waals surface area (Å²) < 4.78 is 10.1. The quantitative estimate of drug-likeness (QED) is 0.916. The molecule has 1 amide bonds. The Bertz CT molecular complexity index is 613. The number of rotatable bonds is 5. The standard InChI is InChI=1S/C15H16N2O4/c1-20-12-8-6-11(7-9-12)10-17(15(18)19)13-4-3-5-14(16-13)21-2/h3-9H,10H2,1-2H3,(H,18,19). The molecule has 6 nitrogen and oxygen atoms in total. The van der Waals surface area contributed by atoms with Crippen molar-refractivity contribution >= 4 is 11.9 Å². The maximum Gasteiger partial charge on any atom is 0.413 e. The minimum absolute atomic E-state index is 0.194. The van der Waals surface area contributed by atoms with Crippen LogP contribution in [0.15, 0.2) is 42.5 Å². The fraction of sp³-hybridized carbons (Fsp3) is 0.200. The minimum Gasteiger partial charge on any atom is -0.497 e. The molecule has 0 aliphatic heterocycles. The zero-order valence-corrected chi connectivity index (χ0v) is 11.8. The van der Waals surface area contributed by atoms with Gasteiger partial charge in [-0.1, -0.05) is 18.2 Å². The smallest absolute Gasteiger partial charge is 0.413 e. The summed E-state index contributed by atoms with van der Waals surface area (Å²) in [6.07, 6.45) is -1.08. The van der Waals surface area contributed by atoms with Crippen LogP contribution in [0, 0.1) is 0 Å². The molecule has 0 aliphatic rings. The van der Waals surface area contributed by atoms with E-state index in [-0.39, 0.29) is 6.54 Å². The molecule has 1 N–H and O–H groups in total. The molecule has 0 aliphatic carbocycles. The van der Waals surface area contributed by atoms with Crippen molar-refractivity contribution in [1.82, 2.24) is 4.98 Å². The van der Waals surface area contributed by atoms with Gasteiger partial charge in [0, 0.05) is 6.07 Å². The lowest BCUT2D eigenvalue weighted by Gasteiger charge is -2.18. The van der Waals surface area contributed by atoms with Crippen molar-refractivity contribution in [2.75, 3.05) is 19.1 Å². The summed E-state index contributed by atoms with van der Waals surface area (Å²) in [5, 5.41) is 9.37. The van der Waals surface area contributed by atoms with E-state index in [1.165, 1.54) is 7.11 Å². The van der Waals surface area contributed by atoms with Crippen molar-refractivity contribution in [2.24, 2.45) is 0 Å². The second kappa shape index (κ2) is 6.60. The van der Waals surface area contributed by atoms with Gasteiger partial charge in [0.1, 0.15) is 11.6 Å². The average Bonchev–Trinajstić information content (AvgIpc) is 2.53. The number of amides is 1. The fourth-order valence-electron chi connectivity index (χ4n) is 1.83. The number of benzene rings is 1. The number of hydrogen-bond acceptors (Lipinski definition) is 4. The van der Waals surface area contributed by atoms with Gasteiger partial charge < -0.3 is 14.6 Å². The molecule has 1 aromatic carbocycles. The highest BCUT2D eigenvalue weighted by Crippen LogP contribution is 2.19. The van der Waals surface area contributed by atoms with Crippen LogP contribution in [-0.2, 0) is 6.54 Å². The van der Waals surface area contributed by atoms with Crippen LogP contribution < -0.4 is 14.4 Å². The van der Waals surface area contributed by atoms with Gasteiger partial charge in [-0.3, -0.25) is 4.90 Å². The predicted octanol–water partition coefficient (Wildman–Crippen LogP) is 2.78. The third-order valence-corrected chi connectivity index (χ3v) is 2.93. The van der Waals surface area contributed by atoms with Gasteiger partial charge in [-0.05, 0) is 23.8 Å². The number of aromatic nitrogens is 1. The number of carboxylic acid groups (broad SMARTS) is 1. The van der Waals surface area contributed by atoms with E-state index in [4.69, 9.17) is 9.47 Å². The van der Waals surface area contributed by atoms with Crippen molar-refractivity contribution in [3.05, 3.63) is 48.0 Å². The lowest BCUT2D eigenvalue weighted by molar-refractivity contribution is 0.201. The Morgan fingerprint density at radius 2 is 1.86 bits per heavy atom. The molecule has 0 bridgehead atoms. The van der Waals surface area contributed by atoms with Crippen molar-refractivity contribution in [2.45, 2.75) is 6.54 Å². The minimum atomic E-state index is -1.08. The van der Waals surface area contributed by atoms with Crippen molar-refractivity contribution in [3.63, 3.8) is 0 Å². The van der Waals surface area contributed by atoms with Gasteiger partial charge >= 0.3 is 6.09 Å². The number of methoxy groups -OCH3 is 2. The van der Waals surface area contributed by atoms with Crippen LogP contribution in [0.5, 0.6) is 11.6 Å². The fourth-order valence-corrected chi connectivity index (χ4v) is 1.83. The summed E-state index contributed by atoms with van der Waals surface area (Å²) in [4.78, 5) is 16.7. The first kappa shape index (κ1) is 14.6. The van der Waals surface area contributed by atoms with Crippen LogP contribution in [0.2, 0.25) is 0 Å². The predicted molar refractivity (Wildman–Crippen MR) is 78.0 cm³/mol. The van der Waals surface area contributed by atoms with Crippen molar-refractivity contribution in [1.29, 1.82) is 0 Å². The Hall–Kier alpha value is -2.76. The number of hydrogen-bond donors (Lipinski definition) is 1. The molecule has 0 spiro atoms. The summed E-state index contributed by atoms with van der Waals surface area (Å²) in [6.45, 7) is 0.194. The van der Waals surface area contributed by atoms with E-state index in [0.29, 0.717) is 11.7 Å². The molecule has 0 unspecified atom stereocenters. The van der Waals surface area contributed by atoms with Gasteiger partial charge in [-0.15, -0.1) is 0 Å². The largest absolute Gasteiger partial charge is 0.497 e. The topological polar surface area (TPSA) is 71.9 Å². The Kier molecular flexibility index (Phi) is 4.61. The molecule has 21 heavy (non-hydrogen) atoms. The van der Waals surface area contributed by atoms with Crippen molar-refractivity contribution < 1.29 is 19.4 Å². The molecule has 2 rings (SSSR count).